The Kier molecular flexibility index (Phi) is 5.94. The summed E-state index contributed by atoms with van der Waals surface area (Å²) >= 11 is 12.1. The van der Waals surface area contributed by atoms with Crippen LogP contribution in [0.5, 0.6) is 0 Å². The zero-order chi connectivity index (χ0) is 19.4. The molecule has 1 heterocycles. The van der Waals surface area contributed by atoms with Gasteiger partial charge in [-0.15, -0.1) is 6.58 Å². The molecule has 0 radical (unpaired) electrons. The summed E-state index contributed by atoms with van der Waals surface area (Å²) in [5.74, 6) is 0.494. The highest BCUT2D eigenvalue weighted by Crippen LogP contribution is 2.23. The summed E-state index contributed by atoms with van der Waals surface area (Å²) < 4.78 is 5.32. The third-order valence-corrected chi connectivity index (χ3v) is 4.46. The predicted molar refractivity (Wildman–Crippen MR) is 106 cm³/mol. The van der Waals surface area contributed by atoms with Crippen LogP contribution in [0.25, 0.3) is 11.4 Å². The first-order valence-electron chi connectivity index (χ1n) is 8.23. The minimum absolute atomic E-state index is 0.132. The number of carbonyl (C=O) groups excluding carboxylic acids is 1. The highest BCUT2D eigenvalue weighted by molar-refractivity contribution is 6.35. The fraction of sp³-hybridized carbons (Fsp3) is 0.150. The maximum absolute atomic E-state index is 12.9. The summed E-state index contributed by atoms with van der Waals surface area (Å²) in [5.41, 5.74) is 2.29. The molecule has 0 fully saturated rings. The number of carbonyl (C=O) groups is 1. The summed E-state index contributed by atoms with van der Waals surface area (Å²) in [6, 6.07) is 12.5. The molecule has 0 N–H and O–H groups in total. The van der Waals surface area contributed by atoms with Gasteiger partial charge in [0, 0.05) is 17.1 Å². The van der Waals surface area contributed by atoms with E-state index >= 15 is 0 Å². The van der Waals surface area contributed by atoms with Crippen molar-refractivity contribution in [2.45, 2.75) is 13.5 Å². The van der Waals surface area contributed by atoms with Crippen molar-refractivity contribution in [3.8, 4) is 11.4 Å². The summed E-state index contributed by atoms with van der Waals surface area (Å²) in [6.45, 7) is 6.13. The Bertz CT molecular complexity index is 968. The Labute approximate surface area is 167 Å². The Morgan fingerprint density at radius 3 is 2.67 bits per heavy atom. The third-order valence-electron chi connectivity index (χ3n) is 3.90. The van der Waals surface area contributed by atoms with Gasteiger partial charge in [-0.05, 0) is 25.1 Å². The van der Waals surface area contributed by atoms with Gasteiger partial charge in [0.1, 0.15) is 6.54 Å². The normalized spacial score (nSPS) is 10.6. The lowest BCUT2D eigenvalue weighted by Gasteiger charge is -2.19. The van der Waals surface area contributed by atoms with E-state index in [2.05, 4.69) is 16.7 Å². The van der Waals surface area contributed by atoms with Gasteiger partial charge in [0.05, 0.1) is 10.6 Å². The lowest BCUT2D eigenvalue weighted by atomic mass is 10.1. The molecule has 7 heteroatoms. The second-order valence-corrected chi connectivity index (χ2v) is 6.82. The largest absolute Gasteiger partial charge is 0.337 e. The molecular weight excluding hydrogens is 385 g/mol. The molecule has 0 saturated heterocycles. The third kappa shape index (κ3) is 4.56. The number of hydrogen-bond acceptors (Lipinski definition) is 4. The van der Waals surface area contributed by atoms with Crippen molar-refractivity contribution >= 4 is 29.1 Å². The molecule has 0 saturated carbocycles. The van der Waals surface area contributed by atoms with Crippen LogP contribution in [0.4, 0.5) is 0 Å². The number of hydrogen-bond donors (Lipinski definition) is 0. The fourth-order valence-electron chi connectivity index (χ4n) is 2.51. The summed E-state index contributed by atoms with van der Waals surface area (Å²) in [5, 5.41) is 4.75. The maximum atomic E-state index is 12.9. The van der Waals surface area contributed by atoms with Crippen LogP contribution in [0.2, 0.25) is 10.0 Å². The molecule has 0 aliphatic heterocycles. The average molecular weight is 402 g/mol. The van der Waals surface area contributed by atoms with Gasteiger partial charge in [-0.2, -0.15) is 4.98 Å². The molecule has 3 rings (SSSR count). The second kappa shape index (κ2) is 8.37. The fourth-order valence-corrected chi connectivity index (χ4v) is 2.88. The maximum Gasteiger partial charge on any atom is 0.256 e. The molecule has 0 atom stereocenters. The van der Waals surface area contributed by atoms with Crippen molar-refractivity contribution < 1.29 is 9.32 Å². The minimum Gasteiger partial charge on any atom is -0.337 e. The van der Waals surface area contributed by atoms with Crippen LogP contribution in [-0.4, -0.2) is 27.5 Å². The van der Waals surface area contributed by atoms with Crippen LogP contribution in [-0.2, 0) is 6.54 Å². The highest BCUT2D eigenvalue weighted by atomic mass is 35.5. The molecule has 5 nitrogen and oxygen atoms in total. The van der Waals surface area contributed by atoms with Gasteiger partial charge < -0.3 is 9.42 Å². The quantitative estimate of drug-likeness (QED) is 0.533. The Morgan fingerprint density at radius 2 is 1.96 bits per heavy atom. The summed E-state index contributed by atoms with van der Waals surface area (Å²) in [7, 11) is 0. The topological polar surface area (TPSA) is 59.2 Å². The first kappa shape index (κ1) is 19.1. The molecule has 0 aliphatic carbocycles. The number of rotatable bonds is 6. The molecule has 138 valence electrons. The van der Waals surface area contributed by atoms with Gasteiger partial charge in [0.25, 0.3) is 5.91 Å². The monoisotopic (exact) mass is 401 g/mol. The zero-order valence-electron chi connectivity index (χ0n) is 14.7. The van der Waals surface area contributed by atoms with Gasteiger partial charge in [0.2, 0.25) is 11.7 Å². The van der Waals surface area contributed by atoms with Crippen LogP contribution in [0.3, 0.4) is 0 Å². The van der Waals surface area contributed by atoms with E-state index in [4.69, 9.17) is 27.7 Å². The molecule has 2 aromatic carbocycles. The standard InChI is InChI=1S/C20H17Cl2N3O2/c1-3-10-25(20(26)16-11-15(21)8-9-17(16)22)12-18-23-19(24-27-18)14-6-4-13(2)5-7-14/h3-9,11H,1,10,12H2,2H3. The Balaban J connectivity index is 1.82. The van der Waals surface area contributed by atoms with Gasteiger partial charge >= 0.3 is 0 Å². The van der Waals surface area contributed by atoms with Crippen molar-refractivity contribution in [1.29, 1.82) is 0 Å². The summed E-state index contributed by atoms with van der Waals surface area (Å²) in [4.78, 5) is 18.8. The van der Waals surface area contributed by atoms with E-state index in [0.717, 1.165) is 11.1 Å². The Morgan fingerprint density at radius 1 is 1.22 bits per heavy atom. The van der Waals surface area contributed by atoms with Gasteiger partial charge in [-0.3, -0.25) is 4.79 Å². The number of halogens is 2. The molecule has 0 bridgehead atoms. The first-order chi connectivity index (χ1) is 13.0. The molecule has 1 aromatic heterocycles. The van der Waals surface area contributed by atoms with E-state index in [1.165, 1.54) is 11.0 Å². The van der Waals surface area contributed by atoms with Crippen LogP contribution >= 0.6 is 23.2 Å². The smallest absolute Gasteiger partial charge is 0.256 e. The van der Waals surface area contributed by atoms with Crippen LogP contribution in [0, 0.1) is 6.92 Å². The number of aromatic nitrogens is 2. The van der Waals surface area contributed by atoms with Gasteiger partial charge in [-0.1, -0.05) is 64.3 Å². The number of benzene rings is 2. The van der Waals surface area contributed by atoms with Crippen LogP contribution < -0.4 is 0 Å². The molecule has 3 aromatic rings. The second-order valence-electron chi connectivity index (χ2n) is 5.98. The van der Waals surface area contributed by atoms with Crippen molar-refractivity contribution in [3.05, 3.63) is 82.2 Å². The van der Waals surface area contributed by atoms with Crippen LogP contribution in [0.15, 0.2) is 59.6 Å². The van der Waals surface area contributed by atoms with Gasteiger partial charge in [0.15, 0.2) is 0 Å². The predicted octanol–water partition coefficient (Wildman–Crippen LogP) is 5.18. The van der Waals surface area contributed by atoms with E-state index in [0.29, 0.717) is 33.9 Å². The van der Waals surface area contributed by atoms with Crippen molar-refractivity contribution in [3.63, 3.8) is 0 Å². The van der Waals surface area contributed by atoms with E-state index in [-0.39, 0.29) is 12.5 Å². The lowest BCUT2D eigenvalue weighted by Crippen LogP contribution is -2.31. The van der Waals surface area contributed by atoms with E-state index in [9.17, 15) is 4.79 Å². The first-order valence-corrected chi connectivity index (χ1v) is 8.98. The molecule has 1 amide bonds. The molecule has 27 heavy (non-hydrogen) atoms. The lowest BCUT2D eigenvalue weighted by molar-refractivity contribution is 0.0745. The molecular formula is C20H17Cl2N3O2. The number of amides is 1. The van der Waals surface area contributed by atoms with Crippen LogP contribution in [0.1, 0.15) is 21.8 Å². The van der Waals surface area contributed by atoms with E-state index in [1.54, 1.807) is 18.2 Å². The van der Waals surface area contributed by atoms with Crippen molar-refractivity contribution in [2.24, 2.45) is 0 Å². The SMILES string of the molecule is C=CCN(Cc1nc(-c2ccc(C)cc2)no1)C(=O)c1cc(Cl)ccc1Cl. The highest BCUT2D eigenvalue weighted by Gasteiger charge is 2.21. The van der Waals surface area contributed by atoms with Crippen molar-refractivity contribution in [1.82, 2.24) is 15.0 Å². The zero-order valence-corrected chi connectivity index (χ0v) is 16.2. The Hall–Kier alpha value is -2.63. The average Bonchev–Trinajstić information content (AvgIpc) is 3.12. The van der Waals surface area contributed by atoms with Gasteiger partial charge in [-0.25, -0.2) is 0 Å². The van der Waals surface area contributed by atoms with E-state index < -0.39 is 0 Å². The minimum atomic E-state index is -0.294. The molecule has 0 unspecified atom stereocenters. The van der Waals surface area contributed by atoms with Crippen molar-refractivity contribution in [2.75, 3.05) is 6.54 Å². The number of nitrogens with zero attached hydrogens (tertiary/aromatic N) is 3. The van der Waals surface area contributed by atoms with E-state index in [1.807, 2.05) is 31.2 Å². The number of aryl methyl sites for hydroxylation is 1. The molecule has 0 spiro atoms. The summed E-state index contributed by atoms with van der Waals surface area (Å²) in [6.07, 6.45) is 1.62. The molecule has 0 aliphatic rings.